The zero-order valence-electron chi connectivity index (χ0n) is 19.1. The number of nitrogens with zero attached hydrogens (tertiary/aromatic N) is 2. The molecule has 6 nitrogen and oxygen atoms in total. The van der Waals surface area contributed by atoms with E-state index < -0.39 is 11.9 Å². The van der Waals surface area contributed by atoms with Gasteiger partial charge in [0, 0.05) is 13.2 Å². The Morgan fingerprint density at radius 1 is 0.971 bits per heavy atom. The van der Waals surface area contributed by atoms with Crippen LogP contribution in [0, 0.1) is 0 Å². The average Bonchev–Trinajstić information content (AvgIpc) is 3.21. The van der Waals surface area contributed by atoms with Gasteiger partial charge in [0.25, 0.3) is 5.91 Å². The predicted octanol–water partition coefficient (Wildman–Crippen LogP) is 4.79. The molecule has 0 unspecified atom stereocenters. The summed E-state index contributed by atoms with van der Waals surface area (Å²) in [5.74, 6) is -1.17. The molecule has 0 aliphatic carbocycles. The maximum atomic E-state index is 13.6. The molecule has 0 fully saturated rings. The van der Waals surface area contributed by atoms with Crippen molar-refractivity contribution in [2.75, 3.05) is 20.3 Å². The van der Waals surface area contributed by atoms with Gasteiger partial charge in [0.2, 0.25) is 0 Å². The highest BCUT2D eigenvalue weighted by molar-refractivity contribution is 7.16. The average molecular weight is 475 g/mol. The number of carbonyl (C=O) groups is 2. The van der Waals surface area contributed by atoms with Crippen molar-refractivity contribution in [1.29, 1.82) is 0 Å². The van der Waals surface area contributed by atoms with E-state index in [2.05, 4.69) is 4.99 Å². The van der Waals surface area contributed by atoms with Gasteiger partial charge in [-0.2, -0.15) is 4.99 Å². The summed E-state index contributed by atoms with van der Waals surface area (Å²) in [4.78, 5) is 30.8. The zero-order valence-corrected chi connectivity index (χ0v) is 20.0. The third-order valence-corrected chi connectivity index (χ3v) is 6.53. The predicted molar refractivity (Wildman–Crippen MR) is 133 cm³/mol. The summed E-state index contributed by atoms with van der Waals surface area (Å²) >= 11 is 1.37. The van der Waals surface area contributed by atoms with Crippen molar-refractivity contribution >= 4 is 33.4 Å². The highest BCUT2D eigenvalue weighted by atomic mass is 32.1. The maximum Gasteiger partial charge on any atom is 0.337 e. The number of carbonyl (C=O) groups excluding carboxylic acids is 2. The molecule has 0 saturated heterocycles. The Bertz CT molecular complexity index is 1300. The van der Waals surface area contributed by atoms with Crippen LogP contribution >= 0.6 is 11.3 Å². The van der Waals surface area contributed by atoms with Gasteiger partial charge in [0.05, 0.1) is 35.4 Å². The molecule has 34 heavy (non-hydrogen) atoms. The molecule has 1 aromatic heterocycles. The summed E-state index contributed by atoms with van der Waals surface area (Å²) in [5.41, 5.74) is 3.12. The molecule has 0 aliphatic heterocycles. The Morgan fingerprint density at radius 3 is 2.21 bits per heavy atom. The minimum atomic E-state index is -0.515. The van der Waals surface area contributed by atoms with Gasteiger partial charge in [-0.05, 0) is 36.2 Å². The maximum absolute atomic E-state index is 13.6. The Labute approximate surface area is 202 Å². The topological polar surface area (TPSA) is 69.9 Å². The SMILES string of the molecule is CCOCCn1c(=NC(=O)C(c2ccccc2)c2ccccc2)sc2cc(C(=O)OC)ccc21. The van der Waals surface area contributed by atoms with E-state index in [0.717, 1.165) is 21.3 Å². The fourth-order valence-corrected chi connectivity index (χ4v) is 4.95. The van der Waals surface area contributed by atoms with Crippen LogP contribution in [0.5, 0.6) is 0 Å². The molecule has 1 amide bonds. The summed E-state index contributed by atoms with van der Waals surface area (Å²) in [6.45, 7) is 3.57. The Hall–Kier alpha value is -3.55. The van der Waals surface area contributed by atoms with E-state index in [9.17, 15) is 9.59 Å². The molecular formula is C27H26N2O4S. The molecule has 4 aromatic rings. The number of methoxy groups -OCH3 is 1. The minimum Gasteiger partial charge on any atom is -0.465 e. The molecule has 7 heteroatoms. The van der Waals surface area contributed by atoms with Crippen LogP contribution in [0.15, 0.2) is 83.9 Å². The first kappa shape index (κ1) is 23.6. The standard InChI is InChI=1S/C27H26N2O4S/c1-3-33-17-16-29-22-15-14-21(26(31)32-2)18-23(22)34-27(29)28-25(30)24(19-10-6-4-7-11-19)20-12-8-5-9-13-20/h4-15,18,24H,3,16-17H2,1-2H3. The van der Waals surface area contributed by atoms with E-state index in [1.165, 1.54) is 18.4 Å². The van der Waals surface area contributed by atoms with Crippen LogP contribution in [0.2, 0.25) is 0 Å². The van der Waals surface area contributed by atoms with Crippen LogP contribution in [0.25, 0.3) is 10.2 Å². The van der Waals surface area contributed by atoms with Gasteiger partial charge >= 0.3 is 5.97 Å². The fraction of sp³-hybridized carbons (Fsp3) is 0.222. The molecular weight excluding hydrogens is 448 g/mol. The van der Waals surface area contributed by atoms with Crippen LogP contribution in [-0.2, 0) is 20.8 Å². The van der Waals surface area contributed by atoms with Gasteiger partial charge in [0.15, 0.2) is 4.80 Å². The highest BCUT2D eigenvalue weighted by Crippen LogP contribution is 2.26. The minimum absolute atomic E-state index is 0.248. The molecule has 174 valence electrons. The quantitative estimate of drug-likeness (QED) is 0.272. The molecule has 0 radical (unpaired) electrons. The summed E-state index contributed by atoms with van der Waals surface area (Å²) in [6, 6.07) is 24.7. The number of esters is 1. The van der Waals surface area contributed by atoms with Crippen molar-refractivity contribution in [1.82, 2.24) is 4.57 Å². The van der Waals surface area contributed by atoms with E-state index in [-0.39, 0.29) is 5.91 Å². The van der Waals surface area contributed by atoms with E-state index in [0.29, 0.717) is 30.1 Å². The lowest BCUT2D eigenvalue weighted by molar-refractivity contribution is -0.118. The largest absolute Gasteiger partial charge is 0.465 e. The van der Waals surface area contributed by atoms with Crippen LogP contribution in [0.1, 0.15) is 34.3 Å². The third kappa shape index (κ3) is 5.16. The molecule has 1 heterocycles. The fourth-order valence-electron chi connectivity index (χ4n) is 3.85. The highest BCUT2D eigenvalue weighted by Gasteiger charge is 2.23. The zero-order chi connectivity index (χ0) is 23.9. The molecule has 0 spiro atoms. The van der Waals surface area contributed by atoms with Gasteiger partial charge in [-0.15, -0.1) is 0 Å². The van der Waals surface area contributed by atoms with Crippen LogP contribution in [0.3, 0.4) is 0 Å². The Balaban J connectivity index is 1.82. The number of thiazole rings is 1. The number of amides is 1. The Kier molecular flexibility index (Phi) is 7.67. The number of hydrogen-bond acceptors (Lipinski definition) is 5. The van der Waals surface area contributed by atoms with Crippen molar-refractivity contribution in [2.24, 2.45) is 4.99 Å². The molecule has 3 aromatic carbocycles. The van der Waals surface area contributed by atoms with Crippen molar-refractivity contribution < 1.29 is 19.1 Å². The number of fused-ring (bicyclic) bond motifs is 1. The van der Waals surface area contributed by atoms with E-state index in [1.807, 2.05) is 78.2 Å². The molecule has 0 N–H and O–H groups in total. The lowest BCUT2D eigenvalue weighted by Gasteiger charge is -2.14. The van der Waals surface area contributed by atoms with Crippen LogP contribution in [0.4, 0.5) is 0 Å². The monoisotopic (exact) mass is 474 g/mol. The second kappa shape index (κ2) is 11.0. The second-order valence-corrected chi connectivity index (χ2v) is 8.62. The van der Waals surface area contributed by atoms with E-state index in [4.69, 9.17) is 9.47 Å². The van der Waals surface area contributed by atoms with Crippen molar-refractivity contribution in [3.63, 3.8) is 0 Å². The number of aromatic nitrogens is 1. The normalized spacial score (nSPS) is 11.8. The van der Waals surface area contributed by atoms with Gasteiger partial charge in [-0.25, -0.2) is 4.79 Å². The first-order chi connectivity index (χ1) is 16.6. The number of benzene rings is 3. The van der Waals surface area contributed by atoms with E-state index >= 15 is 0 Å². The second-order valence-electron chi connectivity index (χ2n) is 7.61. The van der Waals surface area contributed by atoms with Crippen LogP contribution in [-0.4, -0.2) is 36.8 Å². The molecule has 0 bridgehead atoms. The van der Waals surface area contributed by atoms with Crippen molar-refractivity contribution in [2.45, 2.75) is 19.4 Å². The number of hydrogen-bond donors (Lipinski definition) is 0. The summed E-state index contributed by atoms with van der Waals surface area (Å²) < 4.78 is 13.2. The molecule has 0 atom stereocenters. The summed E-state index contributed by atoms with van der Waals surface area (Å²) in [6.07, 6.45) is 0. The smallest absolute Gasteiger partial charge is 0.337 e. The molecule has 4 rings (SSSR count). The van der Waals surface area contributed by atoms with Gasteiger partial charge in [0.1, 0.15) is 0 Å². The van der Waals surface area contributed by atoms with Gasteiger partial charge in [-0.1, -0.05) is 72.0 Å². The number of rotatable bonds is 8. The number of ether oxygens (including phenoxy) is 2. The van der Waals surface area contributed by atoms with Gasteiger partial charge < -0.3 is 14.0 Å². The summed E-state index contributed by atoms with van der Waals surface area (Å²) in [7, 11) is 1.36. The van der Waals surface area contributed by atoms with Crippen molar-refractivity contribution in [3.05, 3.63) is 100 Å². The lowest BCUT2D eigenvalue weighted by atomic mass is 9.91. The van der Waals surface area contributed by atoms with Crippen LogP contribution < -0.4 is 4.80 Å². The Morgan fingerprint density at radius 2 is 1.62 bits per heavy atom. The van der Waals surface area contributed by atoms with Gasteiger partial charge in [-0.3, -0.25) is 4.79 Å². The summed E-state index contributed by atoms with van der Waals surface area (Å²) in [5, 5.41) is 0. The third-order valence-electron chi connectivity index (χ3n) is 5.49. The lowest BCUT2D eigenvalue weighted by Crippen LogP contribution is -2.22. The first-order valence-electron chi connectivity index (χ1n) is 11.1. The van der Waals surface area contributed by atoms with Crippen molar-refractivity contribution in [3.8, 4) is 0 Å². The molecule has 0 aliphatic rings. The molecule has 0 saturated carbocycles. The first-order valence-corrected chi connectivity index (χ1v) is 11.9. The van der Waals surface area contributed by atoms with E-state index in [1.54, 1.807) is 12.1 Å².